The number of fused-ring (bicyclic) bond motifs is 2. The summed E-state index contributed by atoms with van der Waals surface area (Å²) < 4.78 is 5.18. The number of thioether (sulfide) groups is 1. The minimum atomic E-state index is -1.05. The highest BCUT2D eigenvalue weighted by molar-refractivity contribution is 7.99. The summed E-state index contributed by atoms with van der Waals surface area (Å²) in [7, 11) is 0. The summed E-state index contributed by atoms with van der Waals surface area (Å²) in [5, 5.41) is 11.9. The van der Waals surface area contributed by atoms with Gasteiger partial charge in [-0.3, -0.25) is 0 Å². The summed E-state index contributed by atoms with van der Waals surface area (Å²) in [5.74, 6) is 0.283. The Kier molecular flexibility index (Phi) is 6.18. The molecular weight excluding hydrogens is 374 g/mol. The first kappa shape index (κ1) is 20.5. The monoisotopic (exact) mass is 401 g/mol. The Morgan fingerprint density at radius 3 is 2.79 bits per heavy atom. The molecule has 0 radical (unpaired) electrons. The van der Waals surface area contributed by atoms with E-state index in [1.165, 1.54) is 22.3 Å². The van der Waals surface area contributed by atoms with E-state index < -0.39 is 23.7 Å². The summed E-state index contributed by atoms with van der Waals surface area (Å²) in [6.07, 6.45) is 5.85. The molecule has 0 aliphatic heterocycles. The van der Waals surface area contributed by atoms with E-state index in [9.17, 15) is 14.7 Å². The van der Waals surface area contributed by atoms with Crippen molar-refractivity contribution in [3.05, 3.63) is 53.1 Å². The second-order valence-electron chi connectivity index (χ2n) is 8.09. The number of aliphatic carboxylic acids is 1. The molecule has 2 N–H and O–H groups in total. The number of carboxylic acid groups (broad SMARTS) is 1. The number of benzene rings is 1. The van der Waals surface area contributed by atoms with Crippen molar-refractivity contribution in [2.45, 2.75) is 51.2 Å². The van der Waals surface area contributed by atoms with E-state index in [1.807, 2.05) is 0 Å². The van der Waals surface area contributed by atoms with E-state index in [-0.39, 0.29) is 5.92 Å². The number of allylic oxidation sites excluding steroid dienone is 4. The van der Waals surface area contributed by atoms with Crippen molar-refractivity contribution in [2.75, 3.05) is 11.5 Å². The fourth-order valence-corrected chi connectivity index (χ4v) is 4.84. The number of hydrogen-bond donors (Lipinski definition) is 2. The zero-order valence-electron chi connectivity index (χ0n) is 16.5. The Morgan fingerprint density at radius 1 is 1.32 bits per heavy atom. The number of nitrogens with one attached hydrogen (secondary N) is 1. The second-order valence-corrected chi connectivity index (χ2v) is 9.16. The Balaban J connectivity index is 1.63. The maximum absolute atomic E-state index is 11.9. The summed E-state index contributed by atoms with van der Waals surface area (Å²) >= 11 is 1.55. The minimum absolute atomic E-state index is 0.267. The normalized spacial score (nSPS) is 19.0. The smallest absolute Gasteiger partial charge is 0.408 e. The molecule has 0 aromatic heterocycles. The van der Waals surface area contributed by atoms with Gasteiger partial charge in [0.25, 0.3) is 0 Å². The van der Waals surface area contributed by atoms with Gasteiger partial charge >= 0.3 is 12.1 Å². The molecule has 2 atom stereocenters. The van der Waals surface area contributed by atoms with E-state index in [0.29, 0.717) is 5.75 Å². The molecule has 6 heteroatoms. The van der Waals surface area contributed by atoms with Gasteiger partial charge in [0.15, 0.2) is 0 Å². The number of carboxylic acids is 1. The lowest BCUT2D eigenvalue weighted by Gasteiger charge is -2.22. The fourth-order valence-electron chi connectivity index (χ4n) is 3.65. The van der Waals surface area contributed by atoms with Crippen molar-refractivity contribution >= 4 is 29.4 Å². The number of hydrogen-bond acceptors (Lipinski definition) is 4. The summed E-state index contributed by atoms with van der Waals surface area (Å²) in [6, 6.07) is 7.50. The molecule has 1 aromatic rings. The van der Waals surface area contributed by atoms with Gasteiger partial charge in [-0.05, 0) is 55.9 Å². The number of ether oxygens (including phenoxy) is 1. The number of carbonyl (C=O) groups is 2. The van der Waals surface area contributed by atoms with Crippen LogP contribution in [-0.2, 0) is 9.53 Å². The molecule has 2 aliphatic rings. The maximum Gasteiger partial charge on any atom is 0.408 e. The highest BCUT2D eigenvalue weighted by atomic mass is 32.2. The molecule has 150 valence electrons. The predicted molar refractivity (Wildman–Crippen MR) is 113 cm³/mol. The topological polar surface area (TPSA) is 75.6 Å². The Morgan fingerprint density at radius 2 is 2.07 bits per heavy atom. The Hall–Kier alpha value is -2.21. The molecular formula is C22H27NO4S. The van der Waals surface area contributed by atoms with E-state index in [2.05, 4.69) is 41.7 Å². The van der Waals surface area contributed by atoms with Crippen molar-refractivity contribution in [1.82, 2.24) is 5.32 Å². The number of alkyl carbamates (subject to hydrolysis) is 1. The number of carbonyl (C=O) groups excluding carboxylic acids is 1. The molecule has 0 bridgehead atoms. The number of amides is 1. The third kappa shape index (κ3) is 4.79. The van der Waals surface area contributed by atoms with Gasteiger partial charge < -0.3 is 15.2 Å². The molecule has 5 nitrogen and oxygen atoms in total. The van der Waals surface area contributed by atoms with E-state index in [4.69, 9.17) is 4.74 Å². The number of rotatable bonds is 6. The van der Waals surface area contributed by atoms with Crippen LogP contribution in [-0.4, -0.2) is 40.3 Å². The molecule has 2 unspecified atom stereocenters. The van der Waals surface area contributed by atoms with Crippen LogP contribution in [0.3, 0.4) is 0 Å². The summed E-state index contributed by atoms with van der Waals surface area (Å²) in [6.45, 7) is 5.24. The van der Waals surface area contributed by atoms with Crippen molar-refractivity contribution in [1.29, 1.82) is 0 Å². The molecule has 2 aliphatic carbocycles. The van der Waals surface area contributed by atoms with Gasteiger partial charge in [0.1, 0.15) is 11.6 Å². The lowest BCUT2D eigenvalue weighted by molar-refractivity contribution is -0.138. The van der Waals surface area contributed by atoms with Gasteiger partial charge in [-0.1, -0.05) is 36.4 Å². The molecule has 0 heterocycles. The summed E-state index contributed by atoms with van der Waals surface area (Å²) in [5.41, 5.74) is 4.76. The third-order valence-corrected chi connectivity index (χ3v) is 5.94. The van der Waals surface area contributed by atoms with Crippen molar-refractivity contribution < 1.29 is 19.4 Å². The van der Waals surface area contributed by atoms with Gasteiger partial charge in [-0.15, -0.1) is 0 Å². The first-order valence-corrected chi connectivity index (χ1v) is 10.7. The van der Waals surface area contributed by atoms with Crippen molar-refractivity contribution in [3.8, 4) is 0 Å². The van der Waals surface area contributed by atoms with E-state index >= 15 is 0 Å². The van der Waals surface area contributed by atoms with Crippen LogP contribution >= 0.6 is 11.8 Å². The zero-order chi connectivity index (χ0) is 20.3. The predicted octanol–water partition coefficient (Wildman–Crippen LogP) is 4.60. The van der Waals surface area contributed by atoms with Crippen LogP contribution in [0.4, 0.5) is 4.79 Å². The van der Waals surface area contributed by atoms with Crippen LogP contribution in [0.15, 0.2) is 42.0 Å². The molecule has 0 spiro atoms. The highest BCUT2D eigenvalue weighted by Gasteiger charge is 2.31. The molecule has 0 saturated carbocycles. The largest absolute Gasteiger partial charge is 0.480 e. The SMILES string of the molecule is CC(C)(C)OC(=O)NC(CSCC1C2=C(CCC=C2)c2ccccc21)C(=O)O. The van der Waals surface area contributed by atoms with E-state index in [0.717, 1.165) is 18.6 Å². The van der Waals surface area contributed by atoms with Crippen molar-refractivity contribution in [2.24, 2.45) is 0 Å². The average Bonchev–Trinajstić information content (AvgIpc) is 2.94. The molecule has 28 heavy (non-hydrogen) atoms. The van der Waals surface area contributed by atoms with Crippen LogP contribution in [0, 0.1) is 0 Å². The molecule has 1 amide bonds. The van der Waals surface area contributed by atoms with Crippen LogP contribution in [0.2, 0.25) is 0 Å². The van der Waals surface area contributed by atoms with Gasteiger partial charge in [0.2, 0.25) is 0 Å². The standard InChI is InChI=1S/C22H27NO4S/c1-22(2,3)27-21(26)23-19(20(24)25)13-28-12-18-16-10-6-4-8-14(16)15-9-5-7-11-17(15)18/h4,6-8,10-11,18-19H,5,9,12-13H2,1-3H3,(H,23,26)(H,24,25). The van der Waals surface area contributed by atoms with Crippen LogP contribution in [0.25, 0.3) is 5.57 Å². The first-order valence-electron chi connectivity index (χ1n) is 9.55. The molecule has 0 saturated heterocycles. The molecule has 0 fully saturated rings. The fraction of sp³-hybridized carbons (Fsp3) is 0.455. The van der Waals surface area contributed by atoms with E-state index in [1.54, 1.807) is 32.5 Å². The Bertz CT molecular complexity index is 822. The lowest BCUT2D eigenvalue weighted by atomic mass is 9.94. The van der Waals surface area contributed by atoms with Gasteiger partial charge in [0.05, 0.1) is 0 Å². The summed E-state index contributed by atoms with van der Waals surface area (Å²) in [4.78, 5) is 23.5. The van der Waals surface area contributed by atoms with Gasteiger partial charge in [-0.2, -0.15) is 11.8 Å². The Labute approximate surface area is 170 Å². The molecule has 3 rings (SSSR count). The van der Waals surface area contributed by atoms with Crippen molar-refractivity contribution in [3.63, 3.8) is 0 Å². The quantitative estimate of drug-likeness (QED) is 0.729. The zero-order valence-corrected chi connectivity index (χ0v) is 17.3. The third-order valence-electron chi connectivity index (χ3n) is 4.80. The van der Waals surface area contributed by atoms with Gasteiger partial charge in [-0.25, -0.2) is 9.59 Å². The van der Waals surface area contributed by atoms with Crippen LogP contribution < -0.4 is 5.32 Å². The van der Waals surface area contributed by atoms with Crippen LogP contribution in [0.1, 0.15) is 50.7 Å². The lowest BCUT2D eigenvalue weighted by Crippen LogP contribution is -2.45. The first-order chi connectivity index (χ1) is 13.3. The average molecular weight is 402 g/mol. The highest BCUT2D eigenvalue weighted by Crippen LogP contribution is 2.47. The minimum Gasteiger partial charge on any atom is -0.480 e. The molecule has 1 aromatic carbocycles. The van der Waals surface area contributed by atoms with Gasteiger partial charge in [0, 0.05) is 17.4 Å². The second kappa shape index (κ2) is 8.43. The van der Waals surface area contributed by atoms with Crippen LogP contribution in [0.5, 0.6) is 0 Å². The maximum atomic E-state index is 11.9.